The molecule has 0 aliphatic carbocycles. The zero-order chi connectivity index (χ0) is 27.2. The molecule has 37 heavy (non-hydrogen) atoms. The molecule has 0 unspecified atom stereocenters. The molecule has 1 aliphatic rings. The van der Waals surface area contributed by atoms with Gasteiger partial charge < -0.3 is 24.3 Å². The van der Waals surface area contributed by atoms with Crippen LogP contribution in [0.5, 0.6) is 5.75 Å². The minimum Gasteiger partial charge on any atom is -0.461 e. The summed E-state index contributed by atoms with van der Waals surface area (Å²) < 4.78 is 20.6. The smallest absolute Gasteiger partial charge is 0.461 e. The molecular weight excluding hydrogens is 484 g/mol. The standard InChI is InChI=1S/C26H34N2O9/c1-18-15-21(17-36-20(3)29)16-19(2)25(18)37-26(33)35-14-13-34-12-10-27-22(30)7-5-4-6-11-28-23(31)8-9-24(28)32/h8-9,15-16H,4-7,10-14,17H2,1-3H3,(H,27,30). The maximum absolute atomic E-state index is 12.0. The third-order valence-electron chi connectivity index (χ3n) is 5.35. The van der Waals surface area contributed by atoms with Crippen molar-refractivity contribution in [2.45, 2.75) is 53.1 Å². The van der Waals surface area contributed by atoms with E-state index in [2.05, 4.69) is 5.32 Å². The largest absolute Gasteiger partial charge is 0.513 e. The summed E-state index contributed by atoms with van der Waals surface area (Å²) in [6.45, 7) is 6.12. The van der Waals surface area contributed by atoms with Gasteiger partial charge in [-0.3, -0.25) is 24.1 Å². The molecule has 1 heterocycles. The Labute approximate surface area is 216 Å². The fraction of sp³-hybridized carbons (Fsp3) is 0.500. The summed E-state index contributed by atoms with van der Waals surface area (Å²) in [5, 5.41) is 2.74. The fourth-order valence-electron chi connectivity index (χ4n) is 3.60. The predicted molar refractivity (Wildman–Crippen MR) is 132 cm³/mol. The van der Waals surface area contributed by atoms with E-state index < -0.39 is 6.16 Å². The molecule has 11 nitrogen and oxygen atoms in total. The van der Waals surface area contributed by atoms with Crippen molar-refractivity contribution in [3.8, 4) is 5.75 Å². The summed E-state index contributed by atoms with van der Waals surface area (Å²) in [6.07, 6.45) is 4.04. The van der Waals surface area contributed by atoms with Gasteiger partial charge in [0.1, 0.15) is 19.0 Å². The Balaban J connectivity index is 1.50. The molecule has 0 fully saturated rings. The second kappa shape index (κ2) is 15.4. The number of carbonyl (C=O) groups excluding carboxylic acids is 5. The van der Waals surface area contributed by atoms with Gasteiger partial charge in [0.2, 0.25) is 5.91 Å². The van der Waals surface area contributed by atoms with Crippen molar-refractivity contribution in [2.75, 3.05) is 32.9 Å². The van der Waals surface area contributed by atoms with Crippen LogP contribution in [0, 0.1) is 13.8 Å². The molecule has 0 bridgehead atoms. The van der Waals surface area contributed by atoms with E-state index in [1.807, 2.05) is 0 Å². The van der Waals surface area contributed by atoms with Crippen LogP contribution in [0.25, 0.3) is 0 Å². The zero-order valence-corrected chi connectivity index (χ0v) is 21.5. The van der Waals surface area contributed by atoms with Crippen LogP contribution >= 0.6 is 0 Å². The highest BCUT2D eigenvalue weighted by molar-refractivity contribution is 6.12. The Hall–Kier alpha value is -3.73. The van der Waals surface area contributed by atoms with Crippen LogP contribution in [-0.4, -0.2) is 67.7 Å². The van der Waals surface area contributed by atoms with E-state index in [1.165, 1.54) is 24.0 Å². The van der Waals surface area contributed by atoms with Gasteiger partial charge in [-0.15, -0.1) is 0 Å². The van der Waals surface area contributed by atoms with Crippen molar-refractivity contribution in [3.63, 3.8) is 0 Å². The van der Waals surface area contributed by atoms with Crippen LogP contribution in [-0.2, 0) is 40.0 Å². The van der Waals surface area contributed by atoms with Gasteiger partial charge >= 0.3 is 12.1 Å². The molecule has 0 atom stereocenters. The van der Waals surface area contributed by atoms with Crippen molar-refractivity contribution in [3.05, 3.63) is 41.0 Å². The average Bonchev–Trinajstić information content (AvgIpc) is 3.16. The first kappa shape index (κ1) is 29.5. The second-order valence-corrected chi connectivity index (χ2v) is 8.47. The van der Waals surface area contributed by atoms with Crippen molar-refractivity contribution >= 4 is 29.8 Å². The minimum atomic E-state index is -0.856. The minimum absolute atomic E-state index is 0.00699. The number of nitrogens with one attached hydrogen (secondary N) is 1. The summed E-state index contributed by atoms with van der Waals surface area (Å²) in [4.78, 5) is 58.9. The number of hydrogen-bond acceptors (Lipinski definition) is 9. The average molecular weight is 519 g/mol. The number of carbonyl (C=O) groups is 5. The molecule has 2 rings (SSSR count). The topological polar surface area (TPSA) is 138 Å². The molecule has 0 saturated carbocycles. The third kappa shape index (κ3) is 10.8. The Morgan fingerprint density at radius 3 is 2.22 bits per heavy atom. The fourth-order valence-corrected chi connectivity index (χ4v) is 3.60. The number of amides is 3. The maximum Gasteiger partial charge on any atom is 0.513 e. The lowest BCUT2D eigenvalue weighted by atomic mass is 10.1. The van der Waals surface area contributed by atoms with E-state index in [4.69, 9.17) is 18.9 Å². The summed E-state index contributed by atoms with van der Waals surface area (Å²) in [5.41, 5.74) is 2.21. The number of ether oxygens (including phenoxy) is 4. The summed E-state index contributed by atoms with van der Waals surface area (Å²) >= 11 is 0. The molecule has 0 spiro atoms. The summed E-state index contributed by atoms with van der Waals surface area (Å²) in [7, 11) is 0. The van der Waals surface area contributed by atoms with Gasteiger partial charge in [-0.05, 0) is 55.5 Å². The first-order valence-corrected chi connectivity index (χ1v) is 12.1. The molecule has 1 N–H and O–H groups in total. The first-order chi connectivity index (χ1) is 17.7. The van der Waals surface area contributed by atoms with Crippen molar-refractivity contribution in [2.24, 2.45) is 0 Å². The molecule has 0 radical (unpaired) electrons. The Kier molecular flexibility index (Phi) is 12.3. The van der Waals surface area contributed by atoms with E-state index in [9.17, 15) is 24.0 Å². The van der Waals surface area contributed by atoms with Gasteiger partial charge in [0.05, 0.1) is 13.2 Å². The molecule has 1 aromatic rings. The number of esters is 1. The van der Waals surface area contributed by atoms with Gasteiger partial charge in [0.15, 0.2) is 0 Å². The highest BCUT2D eigenvalue weighted by atomic mass is 16.7. The van der Waals surface area contributed by atoms with Crippen molar-refractivity contribution in [1.29, 1.82) is 0 Å². The normalized spacial score (nSPS) is 12.6. The lowest BCUT2D eigenvalue weighted by Crippen LogP contribution is -2.31. The SMILES string of the molecule is CC(=O)OCc1cc(C)c(OC(=O)OCCOCCNC(=O)CCCCCN2C(=O)C=CC2=O)c(C)c1. The molecule has 3 amide bonds. The maximum atomic E-state index is 12.0. The highest BCUT2D eigenvalue weighted by Gasteiger charge is 2.22. The number of benzene rings is 1. The van der Waals surface area contributed by atoms with Crippen molar-refractivity contribution in [1.82, 2.24) is 10.2 Å². The van der Waals surface area contributed by atoms with Gasteiger partial charge in [0.25, 0.3) is 11.8 Å². The number of aryl methyl sites for hydroxylation is 2. The Bertz CT molecular complexity index is 978. The zero-order valence-electron chi connectivity index (χ0n) is 21.5. The Morgan fingerprint density at radius 1 is 0.892 bits per heavy atom. The van der Waals surface area contributed by atoms with E-state index in [0.29, 0.717) is 49.2 Å². The molecule has 1 aliphatic heterocycles. The molecule has 11 heteroatoms. The molecule has 202 valence electrons. The van der Waals surface area contributed by atoms with Gasteiger partial charge in [-0.2, -0.15) is 0 Å². The highest BCUT2D eigenvalue weighted by Crippen LogP contribution is 2.25. The lowest BCUT2D eigenvalue weighted by Gasteiger charge is -2.13. The molecular formula is C26H34N2O9. The molecule has 0 saturated heterocycles. The van der Waals surface area contributed by atoms with E-state index in [-0.39, 0.29) is 50.1 Å². The van der Waals surface area contributed by atoms with Crippen LogP contribution in [0.3, 0.4) is 0 Å². The van der Waals surface area contributed by atoms with Gasteiger partial charge in [-0.25, -0.2) is 4.79 Å². The van der Waals surface area contributed by atoms with E-state index >= 15 is 0 Å². The van der Waals surface area contributed by atoms with Crippen LogP contribution < -0.4 is 10.1 Å². The lowest BCUT2D eigenvalue weighted by molar-refractivity contribution is -0.142. The Morgan fingerprint density at radius 2 is 1.57 bits per heavy atom. The summed E-state index contributed by atoms with van der Waals surface area (Å²) in [6, 6.07) is 3.54. The van der Waals surface area contributed by atoms with Crippen LogP contribution in [0.1, 0.15) is 49.3 Å². The van der Waals surface area contributed by atoms with Crippen molar-refractivity contribution < 1.29 is 42.9 Å². The number of unbranched alkanes of at least 4 members (excludes halogenated alkanes) is 2. The van der Waals surface area contributed by atoms with Crippen LogP contribution in [0.4, 0.5) is 4.79 Å². The van der Waals surface area contributed by atoms with E-state index in [1.54, 1.807) is 26.0 Å². The third-order valence-corrected chi connectivity index (χ3v) is 5.35. The molecule has 0 aromatic heterocycles. The first-order valence-electron chi connectivity index (χ1n) is 12.1. The second-order valence-electron chi connectivity index (χ2n) is 8.47. The summed E-state index contributed by atoms with van der Waals surface area (Å²) in [5.74, 6) is -0.682. The van der Waals surface area contributed by atoms with Crippen LogP contribution in [0.15, 0.2) is 24.3 Å². The molecule has 1 aromatic carbocycles. The number of hydrogen-bond donors (Lipinski definition) is 1. The quantitative estimate of drug-likeness (QED) is 0.161. The number of imide groups is 1. The number of rotatable bonds is 15. The van der Waals surface area contributed by atoms with Gasteiger partial charge in [0, 0.05) is 38.6 Å². The van der Waals surface area contributed by atoms with Crippen LogP contribution in [0.2, 0.25) is 0 Å². The van der Waals surface area contributed by atoms with E-state index in [0.717, 1.165) is 12.0 Å². The van der Waals surface area contributed by atoms with Gasteiger partial charge in [-0.1, -0.05) is 6.42 Å². The monoisotopic (exact) mass is 518 g/mol. The number of nitrogens with zero attached hydrogens (tertiary/aromatic N) is 1. The predicted octanol–water partition coefficient (Wildman–Crippen LogP) is 2.50.